The zero-order chi connectivity index (χ0) is 14.1. The van der Waals surface area contributed by atoms with Gasteiger partial charge in [-0.15, -0.1) is 0 Å². The molecule has 5 nitrogen and oxygen atoms in total. The number of benzene rings is 1. The molecule has 1 aromatic heterocycles. The van der Waals surface area contributed by atoms with Gasteiger partial charge in [-0.2, -0.15) is 0 Å². The molecule has 1 aliphatic heterocycles. The van der Waals surface area contributed by atoms with Crippen molar-refractivity contribution in [1.82, 2.24) is 14.9 Å². The monoisotopic (exact) mass is 338 g/mol. The van der Waals surface area contributed by atoms with Gasteiger partial charge in [0.2, 0.25) is 0 Å². The number of imidazole rings is 1. The molecule has 0 aliphatic carbocycles. The van der Waals surface area contributed by atoms with Crippen molar-refractivity contribution < 1.29 is 0 Å². The summed E-state index contributed by atoms with van der Waals surface area (Å²) in [5, 5.41) is 3.60. The molecule has 1 fully saturated rings. The first-order valence-electron chi connectivity index (χ1n) is 6.98. The summed E-state index contributed by atoms with van der Waals surface area (Å²) in [6, 6.07) is 4.42. The minimum absolute atomic E-state index is 0.167. The first kappa shape index (κ1) is 13.7. The fraction of sp³-hybridized carbons (Fsp3) is 0.500. The number of anilines is 1. The minimum atomic E-state index is -0.167. The van der Waals surface area contributed by atoms with E-state index in [9.17, 15) is 4.79 Å². The van der Waals surface area contributed by atoms with Gasteiger partial charge in [-0.05, 0) is 67.5 Å². The molecule has 0 bridgehead atoms. The number of rotatable bonds is 2. The third-order valence-electron chi connectivity index (χ3n) is 3.91. The van der Waals surface area contributed by atoms with E-state index in [-0.39, 0.29) is 5.69 Å². The summed E-state index contributed by atoms with van der Waals surface area (Å²) in [6.45, 7) is 2.29. The largest absolute Gasteiger partial charge is 0.381 e. The van der Waals surface area contributed by atoms with E-state index in [2.05, 4.69) is 43.2 Å². The van der Waals surface area contributed by atoms with Crippen molar-refractivity contribution in [2.24, 2.45) is 0 Å². The van der Waals surface area contributed by atoms with Crippen molar-refractivity contribution in [2.45, 2.75) is 25.3 Å². The van der Waals surface area contributed by atoms with Gasteiger partial charge in [-0.25, -0.2) is 4.79 Å². The molecule has 1 saturated heterocycles. The molecule has 108 valence electrons. The van der Waals surface area contributed by atoms with Gasteiger partial charge in [0.1, 0.15) is 0 Å². The zero-order valence-electron chi connectivity index (χ0n) is 11.5. The Hall–Kier alpha value is -1.27. The SMILES string of the molecule is CN1CCCC(Nc2cc3[nH]c(=O)[nH]c3cc2Br)CC1. The Balaban J connectivity index is 1.82. The second-order valence-corrected chi connectivity index (χ2v) is 6.39. The highest BCUT2D eigenvalue weighted by Crippen LogP contribution is 2.28. The van der Waals surface area contributed by atoms with E-state index < -0.39 is 0 Å². The number of likely N-dealkylation sites (tertiary alicyclic amines) is 1. The quantitative estimate of drug-likeness (QED) is 0.788. The molecule has 2 aromatic rings. The fourth-order valence-electron chi connectivity index (χ4n) is 2.77. The van der Waals surface area contributed by atoms with E-state index >= 15 is 0 Å². The number of halogens is 1. The van der Waals surface area contributed by atoms with E-state index in [1.54, 1.807) is 0 Å². The highest BCUT2D eigenvalue weighted by Gasteiger charge is 2.16. The molecule has 0 amide bonds. The zero-order valence-corrected chi connectivity index (χ0v) is 13.1. The normalized spacial score (nSPS) is 21.0. The van der Waals surface area contributed by atoms with Crippen molar-refractivity contribution in [1.29, 1.82) is 0 Å². The molecule has 1 aromatic carbocycles. The second kappa shape index (κ2) is 5.61. The molecule has 2 heterocycles. The summed E-state index contributed by atoms with van der Waals surface area (Å²) >= 11 is 3.58. The number of aromatic amines is 2. The summed E-state index contributed by atoms with van der Waals surface area (Å²) in [5.41, 5.74) is 2.54. The smallest absolute Gasteiger partial charge is 0.323 e. The molecule has 0 radical (unpaired) electrons. The Morgan fingerprint density at radius 3 is 2.80 bits per heavy atom. The molecule has 0 spiro atoms. The van der Waals surface area contributed by atoms with Crippen LogP contribution in [-0.4, -0.2) is 41.0 Å². The Bertz CT molecular complexity index is 663. The van der Waals surface area contributed by atoms with Crippen LogP contribution < -0.4 is 11.0 Å². The maximum atomic E-state index is 11.3. The number of aromatic nitrogens is 2. The van der Waals surface area contributed by atoms with Crippen molar-refractivity contribution in [2.75, 3.05) is 25.5 Å². The topological polar surface area (TPSA) is 63.9 Å². The molecule has 1 atom stereocenters. The van der Waals surface area contributed by atoms with Gasteiger partial charge in [0.25, 0.3) is 0 Å². The first-order valence-corrected chi connectivity index (χ1v) is 7.78. The predicted octanol–water partition coefficient (Wildman–Crippen LogP) is 2.51. The summed E-state index contributed by atoms with van der Waals surface area (Å²) in [5.74, 6) is 0. The summed E-state index contributed by atoms with van der Waals surface area (Å²) < 4.78 is 0.984. The maximum Gasteiger partial charge on any atom is 0.323 e. The average Bonchev–Trinajstić information content (AvgIpc) is 2.61. The van der Waals surface area contributed by atoms with Crippen LogP contribution in [0.25, 0.3) is 11.0 Å². The van der Waals surface area contributed by atoms with Crippen LogP contribution in [0.15, 0.2) is 21.4 Å². The van der Waals surface area contributed by atoms with E-state index in [4.69, 9.17) is 0 Å². The van der Waals surface area contributed by atoms with Crippen molar-refractivity contribution in [3.8, 4) is 0 Å². The fourth-order valence-corrected chi connectivity index (χ4v) is 3.23. The third-order valence-corrected chi connectivity index (χ3v) is 4.57. The van der Waals surface area contributed by atoms with Crippen LogP contribution in [0.2, 0.25) is 0 Å². The van der Waals surface area contributed by atoms with Gasteiger partial charge < -0.3 is 20.2 Å². The number of nitrogens with zero attached hydrogens (tertiary/aromatic N) is 1. The summed E-state index contributed by atoms with van der Waals surface area (Å²) in [7, 11) is 2.18. The molecular formula is C14H19BrN4O. The number of nitrogens with one attached hydrogen (secondary N) is 3. The van der Waals surface area contributed by atoms with Gasteiger partial charge in [0.05, 0.1) is 16.7 Å². The minimum Gasteiger partial charge on any atom is -0.381 e. The number of hydrogen-bond donors (Lipinski definition) is 3. The molecule has 3 rings (SSSR count). The van der Waals surface area contributed by atoms with E-state index in [1.165, 1.54) is 19.4 Å². The Morgan fingerprint density at radius 2 is 2.00 bits per heavy atom. The van der Waals surface area contributed by atoms with Gasteiger partial charge in [-0.3, -0.25) is 0 Å². The first-order chi connectivity index (χ1) is 9.61. The number of fused-ring (bicyclic) bond motifs is 1. The molecule has 20 heavy (non-hydrogen) atoms. The summed E-state index contributed by atoms with van der Waals surface area (Å²) in [4.78, 5) is 19.3. The van der Waals surface area contributed by atoms with Crippen molar-refractivity contribution in [3.05, 3.63) is 27.1 Å². The van der Waals surface area contributed by atoms with Gasteiger partial charge >= 0.3 is 5.69 Å². The van der Waals surface area contributed by atoms with Crippen LogP contribution >= 0.6 is 15.9 Å². The van der Waals surface area contributed by atoms with Crippen LogP contribution in [0.1, 0.15) is 19.3 Å². The lowest BCUT2D eigenvalue weighted by Gasteiger charge is -2.19. The second-order valence-electron chi connectivity index (χ2n) is 5.53. The van der Waals surface area contributed by atoms with Crippen LogP contribution in [0, 0.1) is 0 Å². The van der Waals surface area contributed by atoms with Crippen LogP contribution in [0.5, 0.6) is 0 Å². The highest BCUT2D eigenvalue weighted by molar-refractivity contribution is 9.10. The van der Waals surface area contributed by atoms with Crippen LogP contribution in [0.4, 0.5) is 5.69 Å². The van der Waals surface area contributed by atoms with Gasteiger partial charge in [-0.1, -0.05) is 0 Å². The van der Waals surface area contributed by atoms with E-state index in [0.29, 0.717) is 6.04 Å². The van der Waals surface area contributed by atoms with E-state index in [1.807, 2.05) is 12.1 Å². The number of hydrogen-bond acceptors (Lipinski definition) is 3. The lowest BCUT2D eigenvalue weighted by atomic mass is 10.1. The molecule has 1 aliphatic rings. The Labute approximate surface area is 125 Å². The van der Waals surface area contributed by atoms with E-state index in [0.717, 1.165) is 34.2 Å². The van der Waals surface area contributed by atoms with Gasteiger partial charge in [0.15, 0.2) is 0 Å². The summed E-state index contributed by atoms with van der Waals surface area (Å²) in [6.07, 6.45) is 3.54. The molecule has 0 saturated carbocycles. The van der Waals surface area contributed by atoms with Crippen LogP contribution in [-0.2, 0) is 0 Å². The molecule has 6 heteroatoms. The highest BCUT2D eigenvalue weighted by atomic mass is 79.9. The van der Waals surface area contributed by atoms with Gasteiger partial charge in [0, 0.05) is 10.5 Å². The molecular weight excluding hydrogens is 320 g/mol. The lowest BCUT2D eigenvalue weighted by Crippen LogP contribution is -2.23. The predicted molar refractivity (Wildman–Crippen MR) is 85.4 cm³/mol. The lowest BCUT2D eigenvalue weighted by molar-refractivity contribution is 0.348. The third kappa shape index (κ3) is 2.91. The standard InChI is InChI=1S/C14H19BrN4O/c1-19-5-2-3-9(4-6-19)16-11-8-13-12(7-10(11)15)17-14(20)18-13/h7-9,16H,2-6H2,1H3,(H2,17,18,20). The van der Waals surface area contributed by atoms with Crippen LogP contribution in [0.3, 0.4) is 0 Å². The van der Waals surface area contributed by atoms with Crippen molar-refractivity contribution >= 4 is 32.7 Å². The average molecular weight is 339 g/mol. The Kier molecular flexibility index (Phi) is 3.85. The van der Waals surface area contributed by atoms with Crippen molar-refractivity contribution in [3.63, 3.8) is 0 Å². The molecule has 3 N–H and O–H groups in total. The maximum absolute atomic E-state index is 11.3. The number of H-pyrrole nitrogens is 2. The Morgan fingerprint density at radius 1 is 1.25 bits per heavy atom. The molecule has 1 unspecified atom stereocenters.